The van der Waals surface area contributed by atoms with E-state index in [1.54, 1.807) is 41.8 Å². The molecular formula is C16H22N6O3. The first-order chi connectivity index (χ1) is 12.0. The van der Waals surface area contributed by atoms with Crippen LogP contribution >= 0.6 is 0 Å². The van der Waals surface area contributed by atoms with Gasteiger partial charge in [-0.15, -0.1) is 5.10 Å². The summed E-state index contributed by atoms with van der Waals surface area (Å²) in [5.74, 6) is 1.24. The number of aryl methyl sites for hydroxylation is 1. The molecular weight excluding hydrogens is 324 g/mol. The molecule has 1 aromatic heterocycles. The zero-order valence-electron chi connectivity index (χ0n) is 14.8. The average molecular weight is 346 g/mol. The maximum Gasteiger partial charge on any atom is 0.322 e. The molecule has 3 rings (SSSR count). The van der Waals surface area contributed by atoms with E-state index in [0.29, 0.717) is 36.0 Å². The van der Waals surface area contributed by atoms with Gasteiger partial charge in [-0.2, -0.15) is 4.68 Å². The van der Waals surface area contributed by atoms with Crippen LogP contribution in [0.4, 0.5) is 10.5 Å². The van der Waals surface area contributed by atoms with Crippen LogP contribution in [0.25, 0.3) is 5.69 Å². The Labute approximate surface area is 145 Å². The first-order valence-electron chi connectivity index (χ1n) is 8.12. The number of urea groups is 1. The number of benzene rings is 1. The molecule has 2 aromatic rings. The molecule has 2 unspecified atom stereocenters. The average Bonchev–Trinajstić information content (AvgIpc) is 2.99. The summed E-state index contributed by atoms with van der Waals surface area (Å²) >= 11 is 0. The fraction of sp³-hybridized carbons (Fsp3) is 0.500. The summed E-state index contributed by atoms with van der Waals surface area (Å²) in [7, 11) is 1.58. The van der Waals surface area contributed by atoms with Crippen molar-refractivity contribution < 1.29 is 14.3 Å². The van der Waals surface area contributed by atoms with E-state index in [-0.39, 0.29) is 18.2 Å². The third-order valence-electron chi connectivity index (χ3n) is 3.99. The molecule has 2 heterocycles. The third kappa shape index (κ3) is 3.71. The SMILES string of the molecule is COc1ccc(NC(=O)N2CC(C)OC(C)C2)cc1-n1nnnc1C. The van der Waals surface area contributed by atoms with Gasteiger partial charge in [0.2, 0.25) is 0 Å². The van der Waals surface area contributed by atoms with Gasteiger partial charge in [0.15, 0.2) is 5.82 Å². The summed E-state index contributed by atoms with van der Waals surface area (Å²) in [6.45, 7) is 6.83. The third-order valence-corrected chi connectivity index (χ3v) is 3.99. The quantitative estimate of drug-likeness (QED) is 0.907. The normalized spacial score (nSPS) is 20.4. The molecule has 1 saturated heterocycles. The number of ether oxygens (including phenoxy) is 2. The lowest BCUT2D eigenvalue weighted by Gasteiger charge is -2.35. The zero-order valence-corrected chi connectivity index (χ0v) is 14.8. The number of tetrazole rings is 1. The van der Waals surface area contributed by atoms with Gasteiger partial charge in [0.05, 0.1) is 19.3 Å². The molecule has 1 aromatic carbocycles. The molecule has 1 aliphatic rings. The van der Waals surface area contributed by atoms with Crippen molar-refractivity contribution in [2.45, 2.75) is 33.0 Å². The second-order valence-electron chi connectivity index (χ2n) is 6.12. The molecule has 9 heteroatoms. The van der Waals surface area contributed by atoms with Crippen molar-refractivity contribution in [3.8, 4) is 11.4 Å². The Morgan fingerprint density at radius 2 is 2.04 bits per heavy atom. The molecule has 0 aliphatic carbocycles. The molecule has 9 nitrogen and oxygen atoms in total. The highest BCUT2D eigenvalue weighted by molar-refractivity contribution is 5.90. The Kier molecular flexibility index (Phi) is 4.84. The van der Waals surface area contributed by atoms with Gasteiger partial charge in [-0.1, -0.05) is 0 Å². The van der Waals surface area contributed by atoms with Crippen LogP contribution in [-0.4, -0.2) is 63.5 Å². The van der Waals surface area contributed by atoms with E-state index in [4.69, 9.17) is 9.47 Å². The lowest BCUT2D eigenvalue weighted by Crippen LogP contribution is -2.49. The minimum absolute atomic E-state index is 0.0183. The number of carbonyl (C=O) groups is 1. The Morgan fingerprint density at radius 3 is 2.64 bits per heavy atom. The summed E-state index contributed by atoms with van der Waals surface area (Å²) in [5.41, 5.74) is 1.30. The molecule has 0 bridgehead atoms. The van der Waals surface area contributed by atoms with E-state index in [1.807, 2.05) is 13.8 Å². The second-order valence-corrected chi connectivity index (χ2v) is 6.12. The summed E-state index contributed by atoms with van der Waals surface area (Å²) in [6, 6.07) is 5.18. The van der Waals surface area contributed by atoms with Crippen LogP contribution in [0.3, 0.4) is 0 Å². The minimum Gasteiger partial charge on any atom is -0.494 e. The number of anilines is 1. The monoisotopic (exact) mass is 346 g/mol. The first kappa shape index (κ1) is 17.2. The highest BCUT2D eigenvalue weighted by Crippen LogP contribution is 2.26. The zero-order chi connectivity index (χ0) is 18.0. The highest BCUT2D eigenvalue weighted by Gasteiger charge is 2.26. The number of nitrogens with one attached hydrogen (secondary N) is 1. The summed E-state index contributed by atoms with van der Waals surface area (Å²) in [6.07, 6.45) is 0.0367. The number of hydrogen-bond acceptors (Lipinski definition) is 6. The highest BCUT2D eigenvalue weighted by atomic mass is 16.5. The molecule has 1 N–H and O–H groups in total. The molecule has 1 fully saturated rings. The van der Waals surface area contributed by atoms with Crippen molar-refractivity contribution in [2.24, 2.45) is 0 Å². The number of hydrogen-bond donors (Lipinski definition) is 1. The van der Waals surface area contributed by atoms with Gasteiger partial charge >= 0.3 is 6.03 Å². The predicted octanol–water partition coefficient (Wildman–Crippen LogP) is 1.62. The molecule has 134 valence electrons. The van der Waals surface area contributed by atoms with Crippen LogP contribution in [0.5, 0.6) is 5.75 Å². The molecule has 2 amide bonds. The first-order valence-corrected chi connectivity index (χ1v) is 8.12. The number of rotatable bonds is 3. The van der Waals surface area contributed by atoms with Crippen molar-refractivity contribution in [1.82, 2.24) is 25.1 Å². The Bertz CT molecular complexity index is 752. The Balaban J connectivity index is 1.81. The van der Waals surface area contributed by atoms with E-state index in [1.165, 1.54) is 0 Å². The lowest BCUT2D eigenvalue weighted by molar-refractivity contribution is -0.0530. The fourth-order valence-corrected chi connectivity index (χ4v) is 2.93. The Hall–Kier alpha value is -2.68. The van der Waals surface area contributed by atoms with Gasteiger partial charge in [0.25, 0.3) is 0 Å². The smallest absolute Gasteiger partial charge is 0.322 e. The summed E-state index contributed by atoms with van der Waals surface area (Å²) in [4.78, 5) is 14.3. The molecule has 25 heavy (non-hydrogen) atoms. The second kappa shape index (κ2) is 7.06. The van der Waals surface area contributed by atoms with E-state index >= 15 is 0 Å². The number of carbonyl (C=O) groups excluding carboxylic acids is 1. The van der Waals surface area contributed by atoms with Gasteiger partial charge in [-0.3, -0.25) is 0 Å². The van der Waals surface area contributed by atoms with Crippen molar-refractivity contribution in [3.63, 3.8) is 0 Å². The summed E-state index contributed by atoms with van der Waals surface area (Å²) in [5, 5.41) is 14.4. The molecule has 0 spiro atoms. The largest absolute Gasteiger partial charge is 0.494 e. The van der Waals surface area contributed by atoms with Crippen molar-refractivity contribution >= 4 is 11.7 Å². The van der Waals surface area contributed by atoms with E-state index < -0.39 is 0 Å². The predicted molar refractivity (Wildman–Crippen MR) is 91.0 cm³/mol. The van der Waals surface area contributed by atoms with Gasteiger partial charge in [0, 0.05) is 18.8 Å². The number of nitrogens with zero attached hydrogens (tertiary/aromatic N) is 5. The van der Waals surface area contributed by atoms with Crippen LogP contribution < -0.4 is 10.1 Å². The van der Waals surface area contributed by atoms with Crippen LogP contribution in [-0.2, 0) is 4.74 Å². The fourth-order valence-electron chi connectivity index (χ4n) is 2.93. The number of methoxy groups -OCH3 is 1. The van der Waals surface area contributed by atoms with Gasteiger partial charge in [-0.25, -0.2) is 4.79 Å². The lowest BCUT2D eigenvalue weighted by atomic mass is 10.2. The minimum atomic E-state index is -0.161. The molecule has 2 atom stereocenters. The van der Waals surface area contributed by atoms with Crippen LogP contribution in [0, 0.1) is 6.92 Å². The standard InChI is InChI=1S/C16H22N6O3/c1-10-8-21(9-11(2)25-10)16(23)17-13-5-6-15(24-4)14(7-13)22-12(3)18-19-20-22/h5-7,10-11H,8-9H2,1-4H3,(H,17,23). The topological polar surface area (TPSA) is 94.4 Å². The van der Waals surface area contributed by atoms with E-state index in [9.17, 15) is 4.79 Å². The van der Waals surface area contributed by atoms with E-state index in [0.717, 1.165) is 0 Å². The number of amides is 2. The number of aromatic nitrogens is 4. The molecule has 1 aliphatic heterocycles. The van der Waals surface area contributed by atoms with Crippen LogP contribution in [0.2, 0.25) is 0 Å². The summed E-state index contributed by atoms with van der Waals surface area (Å²) < 4.78 is 12.6. The maximum absolute atomic E-state index is 12.6. The molecule has 0 saturated carbocycles. The van der Waals surface area contributed by atoms with Crippen LogP contribution in [0.1, 0.15) is 19.7 Å². The van der Waals surface area contributed by atoms with E-state index in [2.05, 4.69) is 20.8 Å². The Morgan fingerprint density at radius 1 is 1.32 bits per heavy atom. The van der Waals surface area contributed by atoms with Gasteiger partial charge in [0.1, 0.15) is 11.4 Å². The van der Waals surface area contributed by atoms with Crippen LogP contribution in [0.15, 0.2) is 18.2 Å². The van der Waals surface area contributed by atoms with Crippen molar-refractivity contribution in [2.75, 3.05) is 25.5 Å². The van der Waals surface area contributed by atoms with Gasteiger partial charge in [-0.05, 0) is 49.4 Å². The number of morpholine rings is 1. The maximum atomic E-state index is 12.6. The van der Waals surface area contributed by atoms with Crippen molar-refractivity contribution in [1.29, 1.82) is 0 Å². The molecule has 0 radical (unpaired) electrons. The van der Waals surface area contributed by atoms with Crippen molar-refractivity contribution in [3.05, 3.63) is 24.0 Å². The van der Waals surface area contributed by atoms with Gasteiger partial charge < -0.3 is 19.7 Å².